The molecule has 5 heteroatoms. The van der Waals surface area contributed by atoms with Crippen molar-refractivity contribution < 1.29 is 4.79 Å². The first kappa shape index (κ1) is 11.2. The minimum Gasteiger partial charge on any atom is -0.366 e. The Morgan fingerprint density at radius 3 is 2.89 bits per heavy atom. The fraction of sp³-hybridized carbons (Fsp3) is 0.385. The fourth-order valence-corrected chi connectivity index (χ4v) is 2.65. The lowest BCUT2D eigenvalue weighted by atomic mass is 10.1. The molecule has 1 aromatic carbocycles. The Balaban J connectivity index is 2.14. The van der Waals surface area contributed by atoms with Crippen molar-refractivity contribution in [2.75, 3.05) is 13.1 Å². The number of rotatable bonds is 2. The van der Waals surface area contributed by atoms with Crippen LogP contribution in [0.1, 0.15) is 29.2 Å². The highest BCUT2D eigenvalue weighted by Crippen LogP contribution is 2.26. The van der Waals surface area contributed by atoms with E-state index in [0.29, 0.717) is 11.6 Å². The second-order valence-electron chi connectivity index (χ2n) is 4.67. The summed E-state index contributed by atoms with van der Waals surface area (Å²) < 4.78 is 2.11. The summed E-state index contributed by atoms with van der Waals surface area (Å²) in [5.74, 6) is -0.392. The van der Waals surface area contributed by atoms with Crippen LogP contribution in [0, 0.1) is 0 Å². The maximum Gasteiger partial charge on any atom is 0.250 e. The third-order valence-electron chi connectivity index (χ3n) is 3.56. The van der Waals surface area contributed by atoms with Gasteiger partial charge in [0.2, 0.25) is 0 Å². The Morgan fingerprint density at radius 1 is 1.39 bits per heavy atom. The quantitative estimate of drug-likeness (QED) is 0.829. The second-order valence-corrected chi connectivity index (χ2v) is 4.67. The smallest absolute Gasteiger partial charge is 0.250 e. The number of nitrogens with zero attached hydrogens (tertiary/aromatic N) is 2. The van der Waals surface area contributed by atoms with Crippen molar-refractivity contribution in [1.29, 1.82) is 0 Å². The predicted molar refractivity (Wildman–Crippen MR) is 69.4 cm³/mol. The molecule has 1 fully saturated rings. The summed E-state index contributed by atoms with van der Waals surface area (Å²) >= 11 is 0. The van der Waals surface area contributed by atoms with Crippen LogP contribution in [0.4, 0.5) is 0 Å². The van der Waals surface area contributed by atoms with E-state index in [1.807, 2.05) is 18.5 Å². The number of carbonyl (C=O) groups excluding carboxylic acids is 1. The molecule has 1 aliphatic rings. The van der Waals surface area contributed by atoms with Gasteiger partial charge in [0.05, 0.1) is 22.9 Å². The van der Waals surface area contributed by atoms with Gasteiger partial charge in [0.25, 0.3) is 5.91 Å². The summed E-state index contributed by atoms with van der Waals surface area (Å²) in [7, 11) is 0. The SMILES string of the molecule is NC(=O)c1cccc2ncn(C3CCNCC3)c12. The number of nitrogens with one attached hydrogen (secondary N) is 1. The van der Waals surface area contributed by atoms with Crippen LogP contribution < -0.4 is 11.1 Å². The number of hydrogen-bond donors (Lipinski definition) is 2. The molecule has 0 bridgehead atoms. The summed E-state index contributed by atoms with van der Waals surface area (Å²) in [6, 6.07) is 5.91. The lowest BCUT2D eigenvalue weighted by Crippen LogP contribution is -2.29. The topological polar surface area (TPSA) is 72.9 Å². The summed E-state index contributed by atoms with van der Waals surface area (Å²) in [5.41, 5.74) is 7.71. The van der Waals surface area contributed by atoms with E-state index in [1.54, 1.807) is 6.07 Å². The number of aromatic nitrogens is 2. The number of piperidine rings is 1. The van der Waals surface area contributed by atoms with Gasteiger partial charge in [-0.2, -0.15) is 0 Å². The largest absolute Gasteiger partial charge is 0.366 e. The van der Waals surface area contributed by atoms with Crippen molar-refractivity contribution in [2.24, 2.45) is 5.73 Å². The zero-order valence-corrected chi connectivity index (χ0v) is 10.1. The molecule has 94 valence electrons. The first-order valence-electron chi connectivity index (χ1n) is 6.23. The number of fused-ring (bicyclic) bond motifs is 1. The summed E-state index contributed by atoms with van der Waals surface area (Å²) in [6.07, 6.45) is 3.93. The van der Waals surface area contributed by atoms with Crippen LogP contribution in [0.3, 0.4) is 0 Å². The summed E-state index contributed by atoms with van der Waals surface area (Å²) in [4.78, 5) is 15.9. The zero-order chi connectivity index (χ0) is 12.5. The van der Waals surface area contributed by atoms with E-state index in [1.165, 1.54) is 0 Å². The van der Waals surface area contributed by atoms with Gasteiger partial charge in [0.15, 0.2) is 0 Å². The summed E-state index contributed by atoms with van der Waals surface area (Å²) in [5, 5.41) is 3.34. The third kappa shape index (κ3) is 1.76. The molecule has 0 saturated carbocycles. The van der Waals surface area contributed by atoms with Gasteiger partial charge in [0.1, 0.15) is 0 Å². The van der Waals surface area contributed by atoms with E-state index >= 15 is 0 Å². The molecule has 1 aromatic heterocycles. The van der Waals surface area contributed by atoms with Gasteiger partial charge in [-0.1, -0.05) is 6.07 Å². The van der Waals surface area contributed by atoms with Crippen LogP contribution in [-0.4, -0.2) is 28.5 Å². The molecule has 3 N–H and O–H groups in total. The first-order chi connectivity index (χ1) is 8.77. The molecule has 0 radical (unpaired) electrons. The van der Waals surface area contributed by atoms with E-state index in [9.17, 15) is 4.79 Å². The average Bonchev–Trinajstić information content (AvgIpc) is 2.83. The van der Waals surface area contributed by atoms with Crippen molar-refractivity contribution in [3.8, 4) is 0 Å². The highest BCUT2D eigenvalue weighted by molar-refractivity contribution is 6.04. The van der Waals surface area contributed by atoms with Crippen molar-refractivity contribution in [2.45, 2.75) is 18.9 Å². The zero-order valence-electron chi connectivity index (χ0n) is 10.1. The summed E-state index contributed by atoms with van der Waals surface area (Å²) in [6.45, 7) is 2.01. The molecule has 2 heterocycles. The highest BCUT2D eigenvalue weighted by Gasteiger charge is 2.19. The second kappa shape index (κ2) is 4.42. The van der Waals surface area contributed by atoms with Crippen LogP contribution in [0.15, 0.2) is 24.5 Å². The van der Waals surface area contributed by atoms with Gasteiger partial charge in [-0.3, -0.25) is 4.79 Å². The maximum atomic E-state index is 11.5. The number of hydrogen-bond acceptors (Lipinski definition) is 3. The van der Waals surface area contributed by atoms with Gasteiger partial charge in [-0.25, -0.2) is 4.98 Å². The van der Waals surface area contributed by atoms with Crippen LogP contribution in [0.25, 0.3) is 11.0 Å². The van der Waals surface area contributed by atoms with Crippen molar-refractivity contribution >= 4 is 16.9 Å². The van der Waals surface area contributed by atoms with Gasteiger partial charge in [-0.05, 0) is 38.1 Å². The molecule has 1 saturated heterocycles. The van der Waals surface area contributed by atoms with Crippen molar-refractivity contribution in [3.63, 3.8) is 0 Å². The number of primary amides is 1. The van der Waals surface area contributed by atoms with Crippen LogP contribution >= 0.6 is 0 Å². The molecule has 18 heavy (non-hydrogen) atoms. The molecule has 5 nitrogen and oxygen atoms in total. The Hall–Kier alpha value is -1.88. The van der Waals surface area contributed by atoms with Gasteiger partial charge < -0.3 is 15.6 Å². The number of para-hydroxylation sites is 1. The monoisotopic (exact) mass is 244 g/mol. The number of amides is 1. The van der Waals surface area contributed by atoms with Crippen molar-refractivity contribution in [3.05, 3.63) is 30.1 Å². The maximum absolute atomic E-state index is 11.5. The lowest BCUT2D eigenvalue weighted by molar-refractivity contribution is 0.100. The lowest BCUT2D eigenvalue weighted by Gasteiger charge is -2.24. The predicted octanol–water partition coefficient (Wildman–Crippen LogP) is 1.06. The van der Waals surface area contributed by atoms with E-state index in [0.717, 1.165) is 37.0 Å². The molecule has 0 aliphatic carbocycles. The van der Waals surface area contributed by atoms with Gasteiger partial charge in [-0.15, -0.1) is 0 Å². The molecule has 1 aliphatic heterocycles. The molecule has 0 spiro atoms. The molecule has 0 atom stereocenters. The highest BCUT2D eigenvalue weighted by atomic mass is 16.1. The Kier molecular flexibility index (Phi) is 2.76. The minimum atomic E-state index is -0.392. The number of carbonyl (C=O) groups is 1. The Bertz CT molecular complexity index is 584. The molecular weight excluding hydrogens is 228 g/mol. The van der Waals surface area contributed by atoms with E-state index < -0.39 is 5.91 Å². The molecular formula is C13H16N4O. The average molecular weight is 244 g/mol. The number of nitrogens with two attached hydrogens (primary N) is 1. The molecule has 2 aromatic rings. The van der Waals surface area contributed by atoms with Gasteiger partial charge >= 0.3 is 0 Å². The number of imidazole rings is 1. The minimum absolute atomic E-state index is 0.392. The number of benzene rings is 1. The van der Waals surface area contributed by atoms with Crippen molar-refractivity contribution in [1.82, 2.24) is 14.9 Å². The van der Waals surface area contributed by atoms with E-state index in [2.05, 4.69) is 14.9 Å². The standard InChI is InChI=1S/C13H16N4O/c14-13(18)10-2-1-3-11-12(10)17(8-16-11)9-4-6-15-7-5-9/h1-3,8-9,15H,4-7H2,(H2,14,18). The molecule has 3 rings (SSSR count). The molecule has 0 unspecified atom stereocenters. The Morgan fingerprint density at radius 2 is 2.17 bits per heavy atom. The first-order valence-corrected chi connectivity index (χ1v) is 6.23. The third-order valence-corrected chi connectivity index (χ3v) is 3.56. The van der Waals surface area contributed by atoms with E-state index in [-0.39, 0.29) is 0 Å². The van der Waals surface area contributed by atoms with E-state index in [4.69, 9.17) is 5.73 Å². The molecule has 1 amide bonds. The fourth-order valence-electron chi connectivity index (χ4n) is 2.65. The van der Waals surface area contributed by atoms with Crippen LogP contribution in [-0.2, 0) is 0 Å². The normalized spacial score (nSPS) is 17.1. The van der Waals surface area contributed by atoms with Crippen LogP contribution in [0.2, 0.25) is 0 Å². The van der Waals surface area contributed by atoms with Gasteiger partial charge in [0, 0.05) is 6.04 Å². The van der Waals surface area contributed by atoms with Crippen LogP contribution in [0.5, 0.6) is 0 Å². The Labute approximate surface area is 105 Å².